The third kappa shape index (κ3) is 4.56. The van der Waals surface area contributed by atoms with E-state index in [1.54, 1.807) is 6.07 Å². The van der Waals surface area contributed by atoms with Crippen LogP contribution in [0.3, 0.4) is 0 Å². The first kappa shape index (κ1) is 21.9. The molecule has 34 heavy (non-hydrogen) atoms. The van der Waals surface area contributed by atoms with Crippen molar-refractivity contribution in [2.24, 2.45) is 5.10 Å². The van der Waals surface area contributed by atoms with Gasteiger partial charge in [-0.15, -0.1) is 0 Å². The van der Waals surface area contributed by atoms with Crippen LogP contribution >= 0.6 is 15.9 Å². The number of hydrazone groups is 1. The van der Waals surface area contributed by atoms with Gasteiger partial charge < -0.3 is 9.67 Å². The molecule has 7 heteroatoms. The maximum Gasteiger partial charge on any atom is 0.260 e. The van der Waals surface area contributed by atoms with E-state index in [-0.39, 0.29) is 18.2 Å². The van der Waals surface area contributed by atoms with Crippen LogP contribution in [0.25, 0.3) is 21.8 Å². The number of phenols is 1. The maximum absolute atomic E-state index is 12.8. The Morgan fingerprint density at radius 2 is 1.82 bits per heavy atom. The minimum Gasteiger partial charge on any atom is -0.507 e. The van der Waals surface area contributed by atoms with Gasteiger partial charge in [0.25, 0.3) is 5.91 Å². The fraction of sp³-hybridized carbons (Fsp3) is 0.0741. The van der Waals surface area contributed by atoms with E-state index in [0.29, 0.717) is 12.0 Å². The molecular weight excluding hydrogens is 492 g/mol. The average molecular weight is 513 g/mol. The zero-order valence-electron chi connectivity index (χ0n) is 18.1. The van der Waals surface area contributed by atoms with Gasteiger partial charge in [-0.1, -0.05) is 70.5 Å². The molecule has 4 aromatic carbocycles. The monoisotopic (exact) mass is 512 g/mol. The summed E-state index contributed by atoms with van der Waals surface area (Å²) in [4.78, 5) is 17.5. The van der Waals surface area contributed by atoms with Gasteiger partial charge in [0.05, 0.1) is 17.2 Å². The number of hydrogen-bond donors (Lipinski definition) is 2. The molecule has 6 nitrogen and oxygen atoms in total. The number of nitrogens with one attached hydrogen (secondary N) is 1. The molecule has 0 spiro atoms. The van der Waals surface area contributed by atoms with E-state index in [4.69, 9.17) is 4.98 Å². The normalized spacial score (nSPS) is 11.4. The van der Waals surface area contributed by atoms with Crippen molar-refractivity contribution in [3.63, 3.8) is 0 Å². The molecule has 2 N–H and O–H groups in total. The molecule has 0 aliphatic heterocycles. The quantitative estimate of drug-likeness (QED) is 0.236. The van der Waals surface area contributed by atoms with Crippen LogP contribution in [-0.2, 0) is 17.8 Å². The zero-order chi connectivity index (χ0) is 23.5. The van der Waals surface area contributed by atoms with Crippen molar-refractivity contribution in [3.05, 3.63) is 106 Å². The van der Waals surface area contributed by atoms with E-state index in [0.717, 1.165) is 37.7 Å². The molecule has 0 fully saturated rings. The molecule has 1 aromatic heterocycles. The number of aromatic hydroxyl groups is 1. The van der Waals surface area contributed by atoms with E-state index in [1.165, 1.54) is 6.21 Å². The first-order valence-corrected chi connectivity index (χ1v) is 11.6. The number of halogens is 1. The lowest BCUT2D eigenvalue weighted by molar-refractivity contribution is -0.121. The molecule has 1 heterocycles. The molecule has 0 aliphatic rings. The lowest BCUT2D eigenvalue weighted by atomic mass is 10.0. The smallest absolute Gasteiger partial charge is 0.260 e. The predicted molar refractivity (Wildman–Crippen MR) is 138 cm³/mol. The van der Waals surface area contributed by atoms with Crippen molar-refractivity contribution in [1.29, 1.82) is 0 Å². The summed E-state index contributed by atoms with van der Waals surface area (Å²) in [5.74, 6) is 0.624. The van der Waals surface area contributed by atoms with E-state index in [2.05, 4.69) is 26.5 Å². The van der Waals surface area contributed by atoms with Gasteiger partial charge in [0.1, 0.15) is 18.1 Å². The van der Waals surface area contributed by atoms with Crippen molar-refractivity contribution >= 4 is 49.9 Å². The topological polar surface area (TPSA) is 79.5 Å². The number of nitrogens with zero attached hydrogens (tertiary/aromatic N) is 3. The lowest BCUT2D eigenvalue weighted by Gasteiger charge is -2.09. The number of benzene rings is 4. The molecule has 168 valence electrons. The Hall–Kier alpha value is -3.97. The molecule has 0 saturated carbocycles. The number of imidazole rings is 1. The van der Waals surface area contributed by atoms with Crippen LogP contribution in [0.5, 0.6) is 5.75 Å². The second-order valence-electron chi connectivity index (χ2n) is 7.92. The molecule has 0 aliphatic carbocycles. The molecule has 0 saturated heterocycles. The van der Waals surface area contributed by atoms with Gasteiger partial charge in [0, 0.05) is 16.5 Å². The van der Waals surface area contributed by atoms with Crippen molar-refractivity contribution < 1.29 is 9.90 Å². The van der Waals surface area contributed by atoms with Gasteiger partial charge >= 0.3 is 0 Å². The van der Waals surface area contributed by atoms with Gasteiger partial charge in [-0.05, 0) is 46.7 Å². The summed E-state index contributed by atoms with van der Waals surface area (Å²) in [6.45, 7) is 0.0779. The SMILES string of the molecule is O=C(Cn1c(Cc2ccccc2)nc2ccccc21)N/N=C/c1c(O)ccc2cc(Br)ccc12. The number of fused-ring (bicyclic) bond motifs is 2. The number of hydrogen-bond acceptors (Lipinski definition) is 4. The summed E-state index contributed by atoms with van der Waals surface area (Å²) >= 11 is 3.46. The Kier molecular flexibility index (Phi) is 6.10. The number of amides is 1. The second-order valence-corrected chi connectivity index (χ2v) is 8.84. The Morgan fingerprint density at radius 3 is 2.68 bits per heavy atom. The summed E-state index contributed by atoms with van der Waals surface area (Å²) in [7, 11) is 0. The highest BCUT2D eigenvalue weighted by Crippen LogP contribution is 2.28. The van der Waals surface area contributed by atoms with Crippen LogP contribution in [-0.4, -0.2) is 26.8 Å². The van der Waals surface area contributed by atoms with E-state index < -0.39 is 0 Å². The number of para-hydroxylation sites is 2. The van der Waals surface area contributed by atoms with Crippen molar-refractivity contribution in [2.75, 3.05) is 0 Å². The van der Waals surface area contributed by atoms with Crippen molar-refractivity contribution in [1.82, 2.24) is 15.0 Å². The lowest BCUT2D eigenvalue weighted by Crippen LogP contribution is -2.24. The Bertz CT molecular complexity index is 1530. The summed E-state index contributed by atoms with van der Waals surface area (Å²) in [6.07, 6.45) is 2.09. The highest BCUT2D eigenvalue weighted by molar-refractivity contribution is 9.10. The Labute approximate surface area is 204 Å². The van der Waals surface area contributed by atoms with E-state index in [1.807, 2.05) is 83.4 Å². The summed E-state index contributed by atoms with van der Waals surface area (Å²) in [5, 5.41) is 16.2. The number of carbonyl (C=O) groups excluding carboxylic acids is 1. The van der Waals surface area contributed by atoms with Crippen LogP contribution in [0.1, 0.15) is 17.0 Å². The largest absolute Gasteiger partial charge is 0.507 e. The van der Waals surface area contributed by atoms with Gasteiger partial charge in [-0.3, -0.25) is 4.79 Å². The van der Waals surface area contributed by atoms with Crippen molar-refractivity contribution in [3.8, 4) is 5.75 Å². The molecule has 1 amide bonds. The van der Waals surface area contributed by atoms with Crippen LogP contribution in [0.2, 0.25) is 0 Å². The highest BCUT2D eigenvalue weighted by Gasteiger charge is 2.14. The van der Waals surface area contributed by atoms with Gasteiger partial charge in [0.2, 0.25) is 0 Å². The zero-order valence-corrected chi connectivity index (χ0v) is 19.7. The second kappa shape index (κ2) is 9.49. The van der Waals surface area contributed by atoms with E-state index in [9.17, 15) is 9.90 Å². The highest BCUT2D eigenvalue weighted by atomic mass is 79.9. The maximum atomic E-state index is 12.8. The Balaban J connectivity index is 1.38. The third-order valence-corrected chi connectivity index (χ3v) is 6.12. The molecular formula is C27H21BrN4O2. The van der Waals surface area contributed by atoms with Crippen LogP contribution in [0.4, 0.5) is 0 Å². The molecule has 5 rings (SSSR count). The van der Waals surface area contributed by atoms with Crippen LogP contribution in [0.15, 0.2) is 94.5 Å². The fourth-order valence-corrected chi connectivity index (χ4v) is 4.39. The minimum atomic E-state index is -0.281. The summed E-state index contributed by atoms with van der Waals surface area (Å²) < 4.78 is 2.86. The number of aromatic nitrogens is 2. The molecule has 0 atom stereocenters. The standard InChI is InChI=1S/C27H21BrN4O2/c28-20-11-12-21-19(15-20)10-13-25(33)22(21)16-29-31-27(34)17-32-24-9-5-4-8-23(24)30-26(32)14-18-6-2-1-3-7-18/h1-13,15-16,33H,14,17H2,(H,31,34)/b29-16+. The Morgan fingerprint density at radius 1 is 1.03 bits per heavy atom. The number of carbonyl (C=O) groups is 1. The fourth-order valence-electron chi connectivity index (χ4n) is 4.01. The van der Waals surface area contributed by atoms with Crippen LogP contribution < -0.4 is 5.43 Å². The summed E-state index contributed by atoms with van der Waals surface area (Å²) in [5.41, 5.74) is 5.99. The summed E-state index contributed by atoms with van der Waals surface area (Å²) in [6, 6.07) is 27.0. The number of phenolic OH excluding ortho intramolecular Hbond substituents is 1. The first-order chi connectivity index (χ1) is 16.6. The molecule has 0 bridgehead atoms. The molecule has 0 unspecified atom stereocenters. The van der Waals surface area contributed by atoms with Crippen molar-refractivity contribution in [2.45, 2.75) is 13.0 Å². The molecule has 5 aromatic rings. The van der Waals surface area contributed by atoms with E-state index >= 15 is 0 Å². The van der Waals surface area contributed by atoms with Gasteiger partial charge in [-0.25, -0.2) is 10.4 Å². The molecule has 0 radical (unpaired) electrons. The van der Waals surface area contributed by atoms with Crippen LogP contribution in [0, 0.1) is 0 Å². The minimum absolute atomic E-state index is 0.0779. The third-order valence-electron chi connectivity index (χ3n) is 5.62. The predicted octanol–water partition coefficient (Wildman–Crippen LogP) is 5.40. The van der Waals surface area contributed by atoms with Gasteiger partial charge in [-0.2, -0.15) is 5.10 Å². The average Bonchev–Trinajstić information content (AvgIpc) is 3.18. The first-order valence-electron chi connectivity index (χ1n) is 10.8. The number of rotatable bonds is 6. The van der Waals surface area contributed by atoms with Gasteiger partial charge in [0.15, 0.2) is 0 Å².